The van der Waals surface area contributed by atoms with Crippen molar-refractivity contribution in [2.45, 2.75) is 32.7 Å². The van der Waals surface area contributed by atoms with E-state index in [1.165, 1.54) is 5.56 Å². The second-order valence-electron chi connectivity index (χ2n) is 7.46. The second kappa shape index (κ2) is 9.49. The third-order valence-corrected chi connectivity index (χ3v) is 5.85. The minimum absolute atomic E-state index is 0.0120. The molecule has 1 saturated heterocycles. The van der Waals surface area contributed by atoms with E-state index in [0.717, 1.165) is 42.4 Å². The molecule has 0 aliphatic carbocycles. The zero-order valence-corrected chi connectivity index (χ0v) is 18.4. The third kappa shape index (κ3) is 5.12. The van der Waals surface area contributed by atoms with E-state index >= 15 is 0 Å². The highest BCUT2D eigenvalue weighted by atomic mass is 79.9. The molecule has 1 amide bonds. The minimum atomic E-state index is -0.0120. The highest BCUT2D eigenvalue weighted by Gasteiger charge is 2.26. The van der Waals surface area contributed by atoms with Crippen molar-refractivity contribution in [3.63, 3.8) is 0 Å². The first-order valence-corrected chi connectivity index (χ1v) is 11.0. The Morgan fingerprint density at radius 1 is 1.20 bits per heavy atom. The summed E-state index contributed by atoms with van der Waals surface area (Å²) < 4.78 is 6.33. The Kier molecular flexibility index (Phi) is 6.54. The predicted octanol–water partition coefficient (Wildman–Crippen LogP) is 4.31. The molecule has 1 N–H and O–H groups in total. The van der Waals surface area contributed by atoms with Gasteiger partial charge in [-0.1, -0.05) is 36.3 Å². The molecule has 3 heterocycles. The summed E-state index contributed by atoms with van der Waals surface area (Å²) in [6.45, 7) is 4.36. The van der Waals surface area contributed by atoms with Gasteiger partial charge in [-0.2, -0.15) is 4.98 Å². The standard InChI is InChI=1S/C22H24BrN5O2/c1-2-15-3-5-16(6-4-15)21-26-20(30-27-21)14-28-11-9-17(10-12-28)22(29)25-19-8-7-18(23)13-24-19/h3-8,13,17H,2,9-12,14H2,1H3,(H,24,25,29). The average Bonchev–Trinajstić information content (AvgIpc) is 3.24. The first-order valence-electron chi connectivity index (χ1n) is 10.2. The van der Waals surface area contributed by atoms with E-state index in [2.05, 4.69) is 60.3 Å². The number of aromatic nitrogens is 3. The first-order chi connectivity index (χ1) is 14.6. The van der Waals surface area contributed by atoms with Crippen LogP contribution in [0.5, 0.6) is 0 Å². The lowest BCUT2D eigenvalue weighted by Gasteiger charge is -2.30. The third-order valence-electron chi connectivity index (χ3n) is 5.38. The number of aryl methyl sites for hydroxylation is 1. The number of carbonyl (C=O) groups is 1. The van der Waals surface area contributed by atoms with Gasteiger partial charge in [0.2, 0.25) is 17.6 Å². The van der Waals surface area contributed by atoms with Crippen LogP contribution >= 0.6 is 15.9 Å². The van der Waals surface area contributed by atoms with E-state index in [4.69, 9.17) is 4.52 Å². The molecule has 4 rings (SSSR count). The van der Waals surface area contributed by atoms with Crippen molar-refractivity contribution in [2.75, 3.05) is 18.4 Å². The maximum Gasteiger partial charge on any atom is 0.241 e. The van der Waals surface area contributed by atoms with E-state index in [1.807, 2.05) is 18.2 Å². The Balaban J connectivity index is 1.28. The van der Waals surface area contributed by atoms with E-state index < -0.39 is 0 Å². The number of anilines is 1. The van der Waals surface area contributed by atoms with E-state index in [-0.39, 0.29) is 11.8 Å². The van der Waals surface area contributed by atoms with Crippen LogP contribution in [0.1, 0.15) is 31.2 Å². The van der Waals surface area contributed by atoms with Gasteiger partial charge >= 0.3 is 0 Å². The molecule has 2 aromatic heterocycles. The maximum absolute atomic E-state index is 12.5. The highest BCUT2D eigenvalue weighted by molar-refractivity contribution is 9.10. The van der Waals surface area contributed by atoms with Crippen LogP contribution in [-0.2, 0) is 17.8 Å². The number of hydrogen-bond acceptors (Lipinski definition) is 6. The van der Waals surface area contributed by atoms with Crippen molar-refractivity contribution in [3.05, 3.63) is 58.5 Å². The Hall–Kier alpha value is -2.58. The Morgan fingerprint density at radius 3 is 2.63 bits per heavy atom. The number of rotatable bonds is 6. The van der Waals surface area contributed by atoms with Gasteiger partial charge in [-0.3, -0.25) is 9.69 Å². The fraction of sp³-hybridized carbons (Fsp3) is 0.364. The van der Waals surface area contributed by atoms with Gasteiger partial charge in [0.15, 0.2) is 0 Å². The van der Waals surface area contributed by atoms with Gasteiger partial charge < -0.3 is 9.84 Å². The van der Waals surface area contributed by atoms with E-state index in [9.17, 15) is 4.79 Å². The average molecular weight is 470 g/mol. The van der Waals surface area contributed by atoms with Crippen molar-refractivity contribution in [2.24, 2.45) is 5.92 Å². The second-order valence-corrected chi connectivity index (χ2v) is 8.38. The summed E-state index contributed by atoms with van der Waals surface area (Å²) >= 11 is 3.34. The number of nitrogens with zero attached hydrogens (tertiary/aromatic N) is 4. The molecule has 1 fully saturated rings. The Labute approximate surface area is 184 Å². The van der Waals surface area contributed by atoms with Gasteiger partial charge in [0.05, 0.1) is 6.54 Å². The summed E-state index contributed by atoms with van der Waals surface area (Å²) in [4.78, 5) is 23.5. The van der Waals surface area contributed by atoms with Crippen molar-refractivity contribution in [1.29, 1.82) is 0 Å². The van der Waals surface area contributed by atoms with Gasteiger partial charge in [-0.15, -0.1) is 0 Å². The molecule has 1 aromatic carbocycles. The number of benzene rings is 1. The molecule has 0 spiro atoms. The van der Waals surface area contributed by atoms with Crippen molar-refractivity contribution in [1.82, 2.24) is 20.0 Å². The van der Waals surface area contributed by atoms with Crippen molar-refractivity contribution < 1.29 is 9.32 Å². The van der Waals surface area contributed by atoms with Crippen LogP contribution in [-0.4, -0.2) is 39.0 Å². The molecule has 0 radical (unpaired) electrons. The number of pyridine rings is 1. The number of hydrogen-bond donors (Lipinski definition) is 1. The Bertz CT molecular complexity index is 980. The fourth-order valence-electron chi connectivity index (χ4n) is 3.55. The zero-order chi connectivity index (χ0) is 20.9. The van der Waals surface area contributed by atoms with Crippen molar-refractivity contribution in [3.8, 4) is 11.4 Å². The molecule has 30 heavy (non-hydrogen) atoms. The normalized spacial score (nSPS) is 15.3. The number of likely N-dealkylation sites (tertiary alicyclic amines) is 1. The van der Waals surface area contributed by atoms with Crippen LogP contribution in [0.2, 0.25) is 0 Å². The lowest BCUT2D eigenvalue weighted by atomic mass is 9.96. The molecule has 1 aliphatic rings. The summed E-state index contributed by atoms with van der Waals surface area (Å²) in [6.07, 6.45) is 4.27. The molecule has 0 bridgehead atoms. The van der Waals surface area contributed by atoms with Gasteiger partial charge in [-0.25, -0.2) is 4.98 Å². The van der Waals surface area contributed by atoms with Gasteiger partial charge in [0.1, 0.15) is 5.82 Å². The lowest BCUT2D eigenvalue weighted by Crippen LogP contribution is -2.37. The van der Waals surface area contributed by atoms with Gasteiger partial charge in [0.25, 0.3) is 0 Å². The molecule has 0 saturated carbocycles. The molecule has 8 heteroatoms. The summed E-state index contributed by atoms with van der Waals surface area (Å²) in [7, 11) is 0. The van der Waals surface area contributed by atoms with Gasteiger partial charge in [-0.05, 0) is 66.0 Å². The minimum Gasteiger partial charge on any atom is -0.338 e. The van der Waals surface area contributed by atoms with Crippen LogP contribution in [0.4, 0.5) is 5.82 Å². The molecule has 1 aliphatic heterocycles. The van der Waals surface area contributed by atoms with Crippen LogP contribution in [0.3, 0.4) is 0 Å². The topological polar surface area (TPSA) is 84.2 Å². The largest absolute Gasteiger partial charge is 0.338 e. The van der Waals surface area contributed by atoms with Gasteiger partial charge in [0, 0.05) is 22.2 Å². The number of nitrogens with one attached hydrogen (secondary N) is 1. The summed E-state index contributed by atoms with van der Waals surface area (Å²) in [5.41, 5.74) is 2.24. The molecule has 7 nitrogen and oxygen atoms in total. The maximum atomic E-state index is 12.5. The number of piperidine rings is 1. The quantitative estimate of drug-likeness (QED) is 0.578. The monoisotopic (exact) mass is 469 g/mol. The number of halogens is 1. The van der Waals surface area contributed by atoms with Crippen LogP contribution < -0.4 is 5.32 Å². The first kappa shape index (κ1) is 20.7. The molecule has 0 unspecified atom stereocenters. The summed E-state index contributed by atoms with van der Waals surface area (Å²) in [6, 6.07) is 11.9. The van der Waals surface area contributed by atoms with Crippen LogP contribution in [0, 0.1) is 5.92 Å². The molecule has 156 valence electrons. The highest BCUT2D eigenvalue weighted by Crippen LogP contribution is 2.22. The van der Waals surface area contributed by atoms with E-state index in [0.29, 0.717) is 24.1 Å². The van der Waals surface area contributed by atoms with Crippen molar-refractivity contribution >= 4 is 27.7 Å². The molecule has 0 atom stereocenters. The zero-order valence-electron chi connectivity index (χ0n) is 16.8. The molecule has 3 aromatic rings. The van der Waals surface area contributed by atoms with E-state index in [1.54, 1.807) is 12.3 Å². The predicted molar refractivity (Wildman–Crippen MR) is 118 cm³/mol. The summed E-state index contributed by atoms with van der Waals surface area (Å²) in [5, 5.41) is 7.02. The lowest BCUT2D eigenvalue weighted by molar-refractivity contribution is -0.121. The SMILES string of the molecule is CCc1ccc(-c2noc(CN3CCC(C(=O)Nc4ccc(Br)cn4)CC3)n2)cc1. The van der Waals surface area contributed by atoms with Crippen LogP contribution in [0.15, 0.2) is 51.6 Å². The molecular weight excluding hydrogens is 446 g/mol. The smallest absolute Gasteiger partial charge is 0.241 e. The number of carbonyl (C=O) groups excluding carboxylic acids is 1. The van der Waals surface area contributed by atoms with Crippen LogP contribution in [0.25, 0.3) is 11.4 Å². The molecular formula is C22H24BrN5O2. The fourth-order valence-corrected chi connectivity index (χ4v) is 3.78. The number of amides is 1. The summed E-state index contributed by atoms with van der Waals surface area (Å²) in [5.74, 6) is 1.81. The Morgan fingerprint density at radius 2 is 1.97 bits per heavy atom.